The molecule has 3 rings (SSSR count). The fourth-order valence-corrected chi connectivity index (χ4v) is 3.86. The maximum absolute atomic E-state index is 12.4. The summed E-state index contributed by atoms with van der Waals surface area (Å²) in [6.07, 6.45) is 6.31. The number of benzene rings is 1. The van der Waals surface area contributed by atoms with Gasteiger partial charge in [0.1, 0.15) is 12.4 Å². The minimum atomic E-state index is -0.246. The lowest BCUT2D eigenvalue weighted by atomic mass is 10.1. The van der Waals surface area contributed by atoms with Crippen molar-refractivity contribution in [3.8, 4) is 17.0 Å². The van der Waals surface area contributed by atoms with E-state index in [0.717, 1.165) is 40.4 Å². The van der Waals surface area contributed by atoms with Crippen molar-refractivity contribution >= 4 is 17.9 Å². The predicted molar refractivity (Wildman–Crippen MR) is 105 cm³/mol. The molecule has 26 heavy (non-hydrogen) atoms. The van der Waals surface area contributed by atoms with Gasteiger partial charge in [0, 0.05) is 18.7 Å². The molecule has 0 saturated heterocycles. The second-order valence-electron chi connectivity index (χ2n) is 6.57. The van der Waals surface area contributed by atoms with Crippen molar-refractivity contribution < 1.29 is 14.3 Å². The third-order valence-electron chi connectivity index (χ3n) is 4.98. The average molecular weight is 375 g/mol. The van der Waals surface area contributed by atoms with Crippen LogP contribution in [0.5, 0.6) is 5.75 Å². The number of rotatable bonds is 6. The first-order valence-corrected chi connectivity index (χ1v) is 10.1. The number of hydrogen-bond acceptors (Lipinski definition) is 4. The molecule has 1 heterocycles. The molecule has 140 valence electrons. The van der Waals surface area contributed by atoms with Crippen molar-refractivity contribution in [2.45, 2.75) is 43.4 Å². The summed E-state index contributed by atoms with van der Waals surface area (Å²) in [6.45, 7) is 0.258. The van der Waals surface area contributed by atoms with E-state index in [1.807, 2.05) is 43.6 Å². The molecular weight excluding hydrogens is 348 g/mol. The smallest absolute Gasteiger partial charge is 0.410 e. The molecule has 1 aromatic heterocycles. The summed E-state index contributed by atoms with van der Waals surface area (Å²) in [5, 5.41) is 1.05. The molecule has 0 aliphatic heterocycles. The van der Waals surface area contributed by atoms with Gasteiger partial charge in [-0.25, -0.2) is 4.79 Å². The minimum absolute atomic E-state index is 0.246. The Balaban J connectivity index is 1.72. The number of thioether (sulfide) groups is 1. The SMILES string of the molecule is COc1ccc(-c2[nH]c(SC)cc2COC(=O)N(C)C2CCCC2)cc1. The summed E-state index contributed by atoms with van der Waals surface area (Å²) >= 11 is 1.64. The number of aromatic amines is 1. The quantitative estimate of drug-likeness (QED) is 0.729. The maximum Gasteiger partial charge on any atom is 0.410 e. The van der Waals surface area contributed by atoms with Crippen LogP contribution in [0.15, 0.2) is 35.4 Å². The van der Waals surface area contributed by atoms with Crippen molar-refractivity contribution in [1.29, 1.82) is 0 Å². The van der Waals surface area contributed by atoms with Gasteiger partial charge in [-0.15, -0.1) is 11.8 Å². The van der Waals surface area contributed by atoms with Crippen molar-refractivity contribution in [1.82, 2.24) is 9.88 Å². The topological polar surface area (TPSA) is 54.6 Å². The van der Waals surface area contributed by atoms with Gasteiger partial charge in [-0.05, 0) is 55.0 Å². The minimum Gasteiger partial charge on any atom is -0.497 e. The Labute approximate surface area is 159 Å². The molecule has 6 heteroatoms. The van der Waals surface area contributed by atoms with Gasteiger partial charge in [-0.1, -0.05) is 12.8 Å². The van der Waals surface area contributed by atoms with E-state index in [0.29, 0.717) is 6.04 Å². The van der Waals surface area contributed by atoms with Crippen LogP contribution in [0.1, 0.15) is 31.2 Å². The van der Waals surface area contributed by atoms with Crippen LogP contribution in [-0.4, -0.2) is 42.4 Å². The van der Waals surface area contributed by atoms with E-state index in [1.54, 1.807) is 23.8 Å². The van der Waals surface area contributed by atoms with Gasteiger partial charge in [0.05, 0.1) is 17.8 Å². The van der Waals surface area contributed by atoms with Crippen LogP contribution >= 0.6 is 11.8 Å². The molecular formula is C20H26N2O3S. The lowest BCUT2D eigenvalue weighted by Gasteiger charge is -2.23. The number of amides is 1. The highest BCUT2D eigenvalue weighted by molar-refractivity contribution is 7.98. The highest BCUT2D eigenvalue weighted by atomic mass is 32.2. The molecule has 2 aromatic rings. The number of hydrogen-bond donors (Lipinski definition) is 1. The van der Waals surface area contributed by atoms with Crippen molar-refractivity contribution in [2.24, 2.45) is 0 Å². The van der Waals surface area contributed by atoms with Crippen molar-refractivity contribution in [3.05, 3.63) is 35.9 Å². The number of nitrogens with one attached hydrogen (secondary N) is 1. The second kappa shape index (κ2) is 8.54. The van der Waals surface area contributed by atoms with Gasteiger partial charge in [0.2, 0.25) is 0 Å². The van der Waals surface area contributed by atoms with Crippen molar-refractivity contribution in [3.63, 3.8) is 0 Å². The lowest BCUT2D eigenvalue weighted by molar-refractivity contribution is 0.0919. The molecule has 1 amide bonds. The normalized spacial score (nSPS) is 14.4. The van der Waals surface area contributed by atoms with Crippen LogP contribution in [0, 0.1) is 0 Å². The van der Waals surface area contributed by atoms with Gasteiger partial charge in [0.25, 0.3) is 0 Å². The molecule has 5 nitrogen and oxygen atoms in total. The molecule has 0 radical (unpaired) electrons. The highest BCUT2D eigenvalue weighted by Crippen LogP contribution is 2.30. The van der Waals surface area contributed by atoms with Gasteiger partial charge in [0.15, 0.2) is 0 Å². The number of carbonyl (C=O) groups is 1. The first-order valence-electron chi connectivity index (χ1n) is 8.92. The molecule has 1 aliphatic carbocycles. The summed E-state index contributed by atoms with van der Waals surface area (Å²) in [7, 11) is 3.49. The fraction of sp³-hybridized carbons (Fsp3) is 0.450. The van der Waals surface area contributed by atoms with E-state index in [2.05, 4.69) is 4.98 Å². The van der Waals surface area contributed by atoms with E-state index >= 15 is 0 Å². The average Bonchev–Trinajstić information content (AvgIpc) is 3.35. The number of nitrogens with zero attached hydrogens (tertiary/aromatic N) is 1. The summed E-state index contributed by atoms with van der Waals surface area (Å²) in [4.78, 5) is 17.5. The third kappa shape index (κ3) is 4.18. The molecule has 1 saturated carbocycles. The molecule has 1 N–H and O–H groups in total. The van der Waals surface area contributed by atoms with Crippen molar-refractivity contribution in [2.75, 3.05) is 20.4 Å². The zero-order chi connectivity index (χ0) is 18.5. The summed E-state index contributed by atoms with van der Waals surface area (Å²) < 4.78 is 10.8. The van der Waals surface area contributed by atoms with Gasteiger partial charge < -0.3 is 19.4 Å². The van der Waals surface area contributed by atoms with E-state index in [4.69, 9.17) is 9.47 Å². The molecule has 1 aliphatic rings. The molecule has 1 fully saturated rings. The largest absolute Gasteiger partial charge is 0.497 e. The number of methoxy groups -OCH3 is 1. The standard InChI is InChI=1S/C20H26N2O3S/c1-22(16-6-4-5-7-16)20(23)25-13-15-12-18(26-3)21-19(15)14-8-10-17(24-2)11-9-14/h8-12,16,21H,4-7,13H2,1-3H3. The number of aromatic nitrogens is 1. The van der Waals surface area contributed by atoms with Crippen LogP contribution in [0.4, 0.5) is 4.79 Å². The second-order valence-corrected chi connectivity index (χ2v) is 7.42. The molecule has 0 atom stereocenters. The maximum atomic E-state index is 12.4. The molecule has 0 bridgehead atoms. The fourth-order valence-electron chi connectivity index (χ4n) is 3.39. The van der Waals surface area contributed by atoms with Gasteiger partial charge >= 0.3 is 6.09 Å². The zero-order valence-corrected chi connectivity index (χ0v) is 16.4. The first-order chi connectivity index (χ1) is 12.6. The third-order valence-corrected chi connectivity index (χ3v) is 5.64. The van der Waals surface area contributed by atoms with E-state index < -0.39 is 0 Å². The molecule has 0 spiro atoms. The van der Waals surface area contributed by atoms with E-state index in [1.165, 1.54) is 12.8 Å². The molecule has 1 aromatic carbocycles. The van der Waals surface area contributed by atoms with Crippen LogP contribution in [0.3, 0.4) is 0 Å². The van der Waals surface area contributed by atoms with E-state index in [9.17, 15) is 4.79 Å². The van der Waals surface area contributed by atoms with Crippen LogP contribution in [0.25, 0.3) is 11.3 Å². The lowest BCUT2D eigenvalue weighted by Crippen LogP contribution is -2.35. The monoisotopic (exact) mass is 374 g/mol. The number of carbonyl (C=O) groups excluding carboxylic acids is 1. The zero-order valence-electron chi connectivity index (χ0n) is 15.6. The predicted octanol–water partition coefficient (Wildman–Crippen LogP) is 4.92. The Bertz CT molecular complexity index is 736. The Morgan fingerprint density at radius 1 is 1.27 bits per heavy atom. The van der Waals surface area contributed by atoms with Crippen LogP contribution < -0.4 is 4.74 Å². The van der Waals surface area contributed by atoms with Gasteiger partial charge in [-0.2, -0.15) is 0 Å². The Morgan fingerprint density at radius 2 is 1.96 bits per heavy atom. The Hall–Kier alpha value is -2.08. The summed E-state index contributed by atoms with van der Waals surface area (Å²) in [5.74, 6) is 0.816. The van der Waals surface area contributed by atoms with Crippen LogP contribution in [0.2, 0.25) is 0 Å². The number of H-pyrrole nitrogens is 1. The molecule has 0 unspecified atom stereocenters. The first kappa shape index (κ1) is 18.7. The Morgan fingerprint density at radius 3 is 2.58 bits per heavy atom. The summed E-state index contributed by atoms with van der Waals surface area (Å²) in [5.41, 5.74) is 3.00. The number of ether oxygens (including phenoxy) is 2. The highest BCUT2D eigenvalue weighted by Gasteiger charge is 2.24. The summed E-state index contributed by atoms with van der Waals surface area (Å²) in [6, 6.07) is 10.2. The van der Waals surface area contributed by atoms with Gasteiger partial charge in [-0.3, -0.25) is 0 Å². The van der Waals surface area contributed by atoms with Crippen LogP contribution in [-0.2, 0) is 11.3 Å². The Kier molecular flexibility index (Phi) is 6.14. The van der Waals surface area contributed by atoms with E-state index in [-0.39, 0.29) is 12.7 Å².